The number of rotatable bonds is 6. The van der Waals surface area contributed by atoms with Gasteiger partial charge in [-0.2, -0.15) is 0 Å². The number of nitrogens with one attached hydrogen (secondary N) is 1. The molecule has 1 atom stereocenters. The lowest BCUT2D eigenvalue weighted by Gasteiger charge is -2.30. The van der Waals surface area contributed by atoms with E-state index in [4.69, 9.17) is 9.47 Å². The van der Waals surface area contributed by atoms with Crippen molar-refractivity contribution in [2.24, 2.45) is 5.41 Å². The van der Waals surface area contributed by atoms with Crippen LogP contribution in [0.2, 0.25) is 0 Å². The van der Waals surface area contributed by atoms with Gasteiger partial charge in [0, 0.05) is 18.6 Å². The first-order valence-electron chi connectivity index (χ1n) is 7.09. The molecule has 0 bridgehead atoms. The van der Waals surface area contributed by atoms with Crippen molar-refractivity contribution in [3.8, 4) is 0 Å². The molecule has 0 saturated heterocycles. The smallest absolute Gasteiger partial charge is 0.407 e. The van der Waals surface area contributed by atoms with Gasteiger partial charge in [0.1, 0.15) is 5.60 Å². The lowest BCUT2D eigenvalue weighted by atomic mass is 9.88. The fourth-order valence-corrected chi connectivity index (χ4v) is 1.43. The standard InChI is InChI=1S/C15H31NO4/c1-13(2,3)19-9-8-15(7,11-17)10-16-12(18)20-14(4,5)6/h17H,8-11H2,1-7H3,(H,16,18). The maximum Gasteiger partial charge on any atom is 0.407 e. The van der Waals surface area contributed by atoms with Crippen LogP contribution in [0.25, 0.3) is 0 Å². The van der Waals surface area contributed by atoms with Gasteiger partial charge in [-0.15, -0.1) is 0 Å². The zero-order chi connectivity index (χ0) is 16.0. The Labute approximate surface area is 123 Å². The van der Waals surface area contributed by atoms with E-state index >= 15 is 0 Å². The third-order valence-electron chi connectivity index (χ3n) is 2.68. The summed E-state index contributed by atoms with van der Waals surface area (Å²) in [6, 6.07) is 0. The van der Waals surface area contributed by atoms with E-state index in [0.29, 0.717) is 19.6 Å². The first-order valence-corrected chi connectivity index (χ1v) is 7.09. The van der Waals surface area contributed by atoms with Gasteiger partial charge in [-0.25, -0.2) is 4.79 Å². The third-order valence-corrected chi connectivity index (χ3v) is 2.68. The minimum atomic E-state index is -0.519. The molecule has 5 heteroatoms. The summed E-state index contributed by atoms with van der Waals surface area (Å²) < 4.78 is 10.8. The number of aliphatic hydroxyl groups is 1. The molecule has 0 heterocycles. The Morgan fingerprint density at radius 1 is 1.05 bits per heavy atom. The Kier molecular flexibility index (Phi) is 6.98. The number of aliphatic hydroxyl groups excluding tert-OH is 1. The number of amides is 1. The second-order valence-electron chi connectivity index (χ2n) is 7.54. The van der Waals surface area contributed by atoms with Crippen LogP contribution in [0.15, 0.2) is 0 Å². The first kappa shape index (κ1) is 19.2. The average Bonchev–Trinajstić information content (AvgIpc) is 2.22. The minimum Gasteiger partial charge on any atom is -0.444 e. The zero-order valence-electron chi connectivity index (χ0n) is 14.0. The second kappa shape index (κ2) is 7.27. The zero-order valence-corrected chi connectivity index (χ0v) is 14.0. The summed E-state index contributed by atoms with van der Waals surface area (Å²) in [5, 5.41) is 12.2. The molecule has 0 aliphatic carbocycles. The highest BCUT2D eigenvalue weighted by molar-refractivity contribution is 5.67. The Bertz CT molecular complexity index is 304. The molecule has 2 N–H and O–H groups in total. The molecular weight excluding hydrogens is 258 g/mol. The van der Waals surface area contributed by atoms with Crippen molar-refractivity contribution in [2.45, 2.75) is 66.1 Å². The summed E-state index contributed by atoms with van der Waals surface area (Å²) in [7, 11) is 0. The summed E-state index contributed by atoms with van der Waals surface area (Å²) in [4.78, 5) is 11.6. The SMILES string of the molecule is CC(CO)(CCOC(C)(C)C)CNC(=O)OC(C)(C)C. The summed E-state index contributed by atoms with van der Waals surface area (Å²) in [6.45, 7) is 14.2. The molecular formula is C15H31NO4. The van der Waals surface area contributed by atoms with E-state index in [1.54, 1.807) is 0 Å². The van der Waals surface area contributed by atoms with Crippen LogP contribution in [0.1, 0.15) is 54.9 Å². The van der Waals surface area contributed by atoms with Crippen LogP contribution >= 0.6 is 0 Å². The van der Waals surface area contributed by atoms with E-state index in [9.17, 15) is 9.90 Å². The van der Waals surface area contributed by atoms with Gasteiger partial charge in [-0.05, 0) is 48.0 Å². The first-order chi connectivity index (χ1) is 8.87. The van der Waals surface area contributed by atoms with Crippen LogP contribution < -0.4 is 5.32 Å². The summed E-state index contributed by atoms with van der Waals surface area (Å²) in [5.41, 5.74) is -1.13. The Morgan fingerprint density at radius 3 is 2.00 bits per heavy atom. The maximum atomic E-state index is 11.6. The van der Waals surface area contributed by atoms with E-state index in [1.807, 2.05) is 48.5 Å². The van der Waals surface area contributed by atoms with E-state index in [2.05, 4.69) is 5.32 Å². The van der Waals surface area contributed by atoms with Crippen LogP contribution in [-0.4, -0.2) is 42.2 Å². The molecule has 0 radical (unpaired) electrons. The highest BCUT2D eigenvalue weighted by Gasteiger charge is 2.26. The van der Waals surface area contributed by atoms with Gasteiger partial charge in [0.05, 0.1) is 12.2 Å². The van der Waals surface area contributed by atoms with Crippen LogP contribution in [0.4, 0.5) is 4.79 Å². The van der Waals surface area contributed by atoms with Gasteiger partial charge in [0.25, 0.3) is 0 Å². The molecule has 0 aromatic heterocycles. The van der Waals surface area contributed by atoms with Crippen molar-refractivity contribution < 1.29 is 19.4 Å². The molecule has 0 aromatic rings. The molecule has 0 saturated carbocycles. The van der Waals surface area contributed by atoms with Crippen molar-refractivity contribution in [1.82, 2.24) is 5.32 Å². The van der Waals surface area contributed by atoms with Crippen molar-refractivity contribution in [3.63, 3.8) is 0 Å². The van der Waals surface area contributed by atoms with Crippen LogP contribution in [0.5, 0.6) is 0 Å². The summed E-state index contributed by atoms with van der Waals surface area (Å²) in [5.74, 6) is 0. The fraction of sp³-hybridized carbons (Fsp3) is 0.933. The monoisotopic (exact) mass is 289 g/mol. The molecule has 20 heavy (non-hydrogen) atoms. The number of carbonyl (C=O) groups is 1. The third kappa shape index (κ3) is 10.0. The molecule has 120 valence electrons. The number of ether oxygens (including phenoxy) is 2. The molecule has 0 fully saturated rings. The predicted molar refractivity (Wildman–Crippen MR) is 79.8 cm³/mol. The maximum absolute atomic E-state index is 11.6. The number of hydrogen-bond acceptors (Lipinski definition) is 4. The Morgan fingerprint density at radius 2 is 1.60 bits per heavy atom. The van der Waals surface area contributed by atoms with E-state index in [0.717, 1.165) is 0 Å². The van der Waals surface area contributed by atoms with E-state index in [-0.39, 0.29) is 12.2 Å². The molecule has 1 amide bonds. The molecule has 0 aromatic carbocycles. The van der Waals surface area contributed by atoms with E-state index < -0.39 is 17.1 Å². The second-order valence-corrected chi connectivity index (χ2v) is 7.54. The largest absolute Gasteiger partial charge is 0.444 e. The van der Waals surface area contributed by atoms with Gasteiger partial charge in [0.15, 0.2) is 0 Å². The topological polar surface area (TPSA) is 67.8 Å². The lowest BCUT2D eigenvalue weighted by molar-refractivity contribution is -0.0243. The molecule has 0 aliphatic heterocycles. The number of carbonyl (C=O) groups excluding carboxylic acids is 1. The minimum absolute atomic E-state index is 0.0176. The van der Waals surface area contributed by atoms with Gasteiger partial charge in [-0.1, -0.05) is 6.92 Å². The summed E-state index contributed by atoms with van der Waals surface area (Å²) in [6.07, 6.45) is 0.199. The molecule has 0 spiro atoms. The molecule has 0 rings (SSSR count). The van der Waals surface area contributed by atoms with Crippen molar-refractivity contribution in [3.05, 3.63) is 0 Å². The normalized spacial score (nSPS) is 15.6. The van der Waals surface area contributed by atoms with Gasteiger partial charge >= 0.3 is 6.09 Å². The Balaban J connectivity index is 4.21. The highest BCUT2D eigenvalue weighted by atomic mass is 16.6. The Hall–Kier alpha value is -0.810. The van der Waals surface area contributed by atoms with Crippen molar-refractivity contribution >= 4 is 6.09 Å². The molecule has 5 nitrogen and oxygen atoms in total. The molecule has 1 unspecified atom stereocenters. The van der Waals surface area contributed by atoms with Crippen LogP contribution in [0.3, 0.4) is 0 Å². The quantitative estimate of drug-likeness (QED) is 0.789. The van der Waals surface area contributed by atoms with Crippen LogP contribution in [-0.2, 0) is 9.47 Å². The van der Waals surface area contributed by atoms with E-state index in [1.165, 1.54) is 0 Å². The lowest BCUT2D eigenvalue weighted by Crippen LogP contribution is -2.41. The number of hydrogen-bond donors (Lipinski definition) is 2. The molecule has 0 aliphatic rings. The van der Waals surface area contributed by atoms with Gasteiger partial charge < -0.3 is 19.9 Å². The highest BCUT2D eigenvalue weighted by Crippen LogP contribution is 2.21. The fourth-order valence-electron chi connectivity index (χ4n) is 1.43. The average molecular weight is 289 g/mol. The van der Waals surface area contributed by atoms with Crippen LogP contribution in [0, 0.1) is 5.41 Å². The predicted octanol–water partition coefficient (Wildman–Crippen LogP) is 2.71. The summed E-state index contributed by atoms with van der Waals surface area (Å²) >= 11 is 0. The van der Waals surface area contributed by atoms with Gasteiger partial charge in [0.2, 0.25) is 0 Å². The van der Waals surface area contributed by atoms with Crippen molar-refractivity contribution in [2.75, 3.05) is 19.8 Å². The van der Waals surface area contributed by atoms with Crippen molar-refractivity contribution in [1.29, 1.82) is 0 Å². The number of alkyl carbamates (subject to hydrolysis) is 1. The van der Waals surface area contributed by atoms with Gasteiger partial charge in [-0.3, -0.25) is 0 Å².